The van der Waals surface area contributed by atoms with Crippen LogP contribution in [-0.2, 0) is 9.59 Å². The Morgan fingerprint density at radius 3 is 2.53 bits per heavy atom. The van der Waals surface area contributed by atoms with Gasteiger partial charge >= 0.3 is 0 Å². The molecule has 96 valence electrons. The molecular formula is C13H22N2O2. The molecule has 3 unspecified atom stereocenters. The number of rotatable bonds is 2. The topological polar surface area (TPSA) is 49.4 Å². The molecule has 1 saturated heterocycles. The summed E-state index contributed by atoms with van der Waals surface area (Å²) in [5, 5.41) is 2.70. The SMILES string of the molecule is CC(C)C1C(=O)NCC(=O)N1C1CCCC1C. The normalized spacial score (nSPS) is 34.4. The third-order valence-corrected chi connectivity index (χ3v) is 4.08. The number of nitrogens with one attached hydrogen (secondary N) is 1. The van der Waals surface area contributed by atoms with Crippen molar-refractivity contribution in [3.05, 3.63) is 0 Å². The first kappa shape index (κ1) is 12.4. The molecule has 1 heterocycles. The first-order chi connectivity index (χ1) is 8.02. The zero-order valence-electron chi connectivity index (χ0n) is 10.9. The van der Waals surface area contributed by atoms with Gasteiger partial charge in [-0.25, -0.2) is 0 Å². The summed E-state index contributed by atoms with van der Waals surface area (Å²) in [7, 11) is 0. The zero-order valence-corrected chi connectivity index (χ0v) is 10.9. The van der Waals surface area contributed by atoms with E-state index in [9.17, 15) is 9.59 Å². The molecule has 1 aliphatic heterocycles. The van der Waals surface area contributed by atoms with Crippen LogP contribution < -0.4 is 5.32 Å². The molecule has 1 aliphatic carbocycles. The second-order valence-electron chi connectivity index (χ2n) is 5.68. The molecular weight excluding hydrogens is 216 g/mol. The average molecular weight is 238 g/mol. The molecule has 0 aromatic rings. The highest BCUT2D eigenvalue weighted by Gasteiger charge is 2.43. The van der Waals surface area contributed by atoms with Gasteiger partial charge in [0.1, 0.15) is 6.04 Å². The first-order valence-electron chi connectivity index (χ1n) is 6.61. The summed E-state index contributed by atoms with van der Waals surface area (Å²) in [5.41, 5.74) is 0. The van der Waals surface area contributed by atoms with Crippen molar-refractivity contribution in [1.29, 1.82) is 0 Å². The average Bonchev–Trinajstić information content (AvgIpc) is 2.67. The van der Waals surface area contributed by atoms with Crippen LogP contribution in [0.25, 0.3) is 0 Å². The Hall–Kier alpha value is -1.06. The zero-order chi connectivity index (χ0) is 12.6. The maximum Gasteiger partial charge on any atom is 0.243 e. The Balaban J connectivity index is 2.25. The Morgan fingerprint density at radius 2 is 2.00 bits per heavy atom. The van der Waals surface area contributed by atoms with E-state index in [-0.39, 0.29) is 36.4 Å². The van der Waals surface area contributed by atoms with Gasteiger partial charge in [0.15, 0.2) is 0 Å². The fourth-order valence-electron chi connectivity index (χ4n) is 3.19. The molecule has 1 saturated carbocycles. The van der Waals surface area contributed by atoms with Crippen LogP contribution in [0.4, 0.5) is 0 Å². The van der Waals surface area contributed by atoms with E-state index >= 15 is 0 Å². The molecule has 2 aliphatic rings. The summed E-state index contributed by atoms with van der Waals surface area (Å²) < 4.78 is 0. The largest absolute Gasteiger partial charge is 0.345 e. The maximum absolute atomic E-state index is 12.1. The Labute approximate surface area is 103 Å². The van der Waals surface area contributed by atoms with Gasteiger partial charge < -0.3 is 10.2 Å². The van der Waals surface area contributed by atoms with Crippen LogP contribution in [0, 0.1) is 11.8 Å². The fourth-order valence-corrected chi connectivity index (χ4v) is 3.19. The molecule has 3 atom stereocenters. The highest BCUT2D eigenvalue weighted by Crippen LogP contribution is 2.33. The number of piperazine rings is 1. The molecule has 4 heteroatoms. The summed E-state index contributed by atoms with van der Waals surface area (Å²) in [6.07, 6.45) is 3.38. The fraction of sp³-hybridized carbons (Fsp3) is 0.846. The number of hydrogen-bond acceptors (Lipinski definition) is 2. The van der Waals surface area contributed by atoms with E-state index in [4.69, 9.17) is 0 Å². The van der Waals surface area contributed by atoms with Crippen molar-refractivity contribution in [1.82, 2.24) is 10.2 Å². The molecule has 2 fully saturated rings. The lowest BCUT2D eigenvalue weighted by atomic mass is 9.94. The number of amides is 2. The van der Waals surface area contributed by atoms with Crippen LogP contribution in [0.1, 0.15) is 40.0 Å². The Kier molecular flexibility index (Phi) is 3.40. The monoisotopic (exact) mass is 238 g/mol. The van der Waals surface area contributed by atoms with E-state index in [1.165, 1.54) is 12.8 Å². The van der Waals surface area contributed by atoms with Gasteiger partial charge in [-0.15, -0.1) is 0 Å². The predicted octanol–water partition coefficient (Wildman–Crippen LogP) is 1.16. The first-order valence-corrected chi connectivity index (χ1v) is 6.61. The highest BCUT2D eigenvalue weighted by molar-refractivity contribution is 5.95. The van der Waals surface area contributed by atoms with Crippen LogP contribution in [0.3, 0.4) is 0 Å². The lowest BCUT2D eigenvalue weighted by Crippen LogP contribution is -2.63. The number of hydrogen-bond donors (Lipinski definition) is 1. The predicted molar refractivity (Wildman–Crippen MR) is 65.3 cm³/mol. The molecule has 0 radical (unpaired) electrons. The van der Waals surface area contributed by atoms with Crippen LogP contribution in [0.5, 0.6) is 0 Å². The van der Waals surface area contributed by atoms with Crippen molar-refractivity contribution in [3.8, 4) is 0 Å². The summed E-state index contributed by atoms with van der Waals surface area (Å²) in [4.78, 5) is 25.9. The molecule has 4 nitrogen and oxygen atoms in total. The van der Waals surface area contributed by atoms with Gasteiger partial charge in [-0.1, -0.05) is 27.2 Å². The van der Waals surface area contributed by atoms with Crippen molar-refractivity contribution < 1.29 is 9.59 Å². The maximum atomic E-state index is 12.1. The molecule has 1 N–H and O–H groups in total. The van der Waals surface area contributed by atoms with E-state index in [1.807, 2.05) is 18.7 Å². The smallest absolute Gasteiger partial charge is 0.243 e. The standard InChI is InChI=1S/C13H22N2O2/c1-8(2)12-13(17)14-7-11(16)15(12)10-6-4-5-9(10)3/h8-10,12H,4-7H2,1-3H3,(H,14,17). The Bertz CT molecular complexity index is 327. The third-order valence-electron chi connectivity index (χ3n) is 4.08. The van der Waals surface area contributed by atoms with Crippen molar-refractivity contribution in [2.24, 2.45) is 11.8 Å². The second-order valence-corrected chi connectivity index (χ2v) is 5.68. The van der Waals surface area contributed by atoms with Gasteiger partial charge in [0, 0.05) is 6.04 Å². The molecule has 0 aromatic carbocycles. The minimum atomic E-state index is -0.276. The minimum absolute atomic E-state index is 0.0127. The van der Waals surface area contributed by atoms with E-state index in [1.54, 1.807) is 0 Å². The van der Waals surface area contributed by atoms with E-state index in [0.717, 1.165) is 6.42 Å². The van der Waals surface area contributed by atoms with E-state index in [0.29, 0.717) is 5.92 Å². The van der Waals surface area contributed by atoms with Crippen LogP contribution in [-0.4, -0.2) is 35.3 Å². The number of nitrogens with zero attached hydrogens (tertiary/aromatic N) is 1. The van der Waals surface area contributed by atoms with Crippen molar-refractivity contribution in [3.63, 3.8) is 0 Å². The lowest BCUT2D eigenvalue weighted by molar-refractivity contribution is -0.151. The van der Waals surface area contributed by atoms with Gasteiger partial charge in [-0.3, -0.25) is 9.59 Å². The van der Waals surface area contributed by atoms with Crippen LogP contribution >= 0.6 is 0 Å². The number of carbonyl (C=O) groups is 2. The molecule has 2 rings (SSSR count). The molecule has 2 amide bonds. The quantitative estimate of drug-likeness (QED) is 0.784. The number of carbonyl (C=O) groups excluding carboxylic acids is 2. The van der Waals surface area contributed by atoms with Crippen LogP contribution in [0.15, 0.2) is 0 Å². The molecule has 17 heavy (non-hydrogen) atoms. The van der Waals surface area contributed by atoms with Crippen molar-refractivity contribution >= 4 is 11.8 Å². The second kappa shape index (κ2) is 4.67. The van der Waals surface area contributed by atoms with Crippen molar-refractivity contribution in [2.45, 2.75) is 52.1 Å². The van der Waals surface area contributed by atoms with Crippen molar-refractivity contribution in [2.75, 3.05) is 6.54 Å². The van der Waals surface area contributed by atoms with Gasteiger partial charge in [-0.2, -0.15) is 0 Å². The summed E-state index contributed by atoms with van der Waals surface area (Å²) in [6.45, 7) is 6.38. The summed E-state index contributed by atoms with van der Waals surface area (Å²) in [6, 6.07) is -0.0113. The van der Waals surface area contributed by atoms with Gasteiger partial charge in [-0.05, 0) is 24.7 Å². The van der Waals surface area contributed by atoms with Gasteiger partial charge in [0.2, 0.25) is 11.8 Å². The van der Waals surface area contributed by atoms with Crippen LogP contribution in [0.2, 0.25) is 0 Å². The molecule has 0 bridgehead atoms. The lowest BCUT2D eigenvalue weighted by Gasteiger charge is -2.42. The molecule has 0 spiro atoms. The van der Waals surface area contributed by atoms with E-state index in [2.05, 4.69) is 12.2 Å². The highest BCUT2D eigenvalue weighted by atomic mass is 16.2. The van der Waals surface area contributed by atoms with E-state index < -0.39 is 0 Å². The third kappa shape index (κ3) is 2.17. The van der Waals surface area contributed by atoms with Gasteiger partial charge in [0.05, 0.1) is 6.54 Å². The Morgan fingerprint density at radius 1 is 1.29 bits per heavy atom. The minimum Gasteiger partial charge on any atom is -0.345 e. The molecule has 0 aromatic heterocycles. The van der Waals surface area contributed by atoms with Gasteiger partial charge in [0.25, 0.3) is 0 Å². The summed E-state index contributed by atoms with van der Waals surface area (Å²) >= 11 is 0. The summed E-state index contributed by atoms with van der Waals surface area (Å²) in [5.74, 6) is 0.791.